The van der Waals surface area contributed by atoms with Gasteiger partial charge in [-0.15, -0.1) is 11.3 Å². The third kappa shape index (κ3) is 5.17. The highest BCUT2D eigenvalue weighted by atomic mass is 32.1. The first-order valence-electron chi connectivity index (χ1n) is 11.5. The van der Waals surface area contributed by atoms with Crippen molar-refractivity contribution in [1.82, 2.24) is 15.2 Å². The van der Waals surface area contributed by atoms with Crippen LogP contribution < -0.4 is 5.32 Å². The molecule has 0 bridgehead atoms. The van der Waals surface area contributed by atoms with E-state index in [4.69, 9.17) is 9.47 Å². The molecular weight excluding hydrogens is 484 g/mol. The van der Waals surface area contributed by atoms with E-state index in [1.54, 1.807) is 37.4 Å². The van der Waals surface area contributed by atoms with E-state index < -0.39 is 28.4 Å². The van der Waals surface area contributed by atoms with Crippen molar-refractivity contribution in [3.8, 4) is 0 Å². The van der Waals surface area contributed by atoms with Crippen LogP contribution in [0.25, 0.3) is 0 Å². The van der Waals surface area contributed by atoms with Crippen LogP contribution in [0.1, 0.15) is 43.7 Å². The van der Waals surface area contributed by atoms with E-state index in [-0.39, 0.29) is 16.8 Å². The molecule has 1 aromatic heterocycles. The van der Waals surface area contributed by atoms with Crippen LogP contribution in [-0.4, -0.2) is 52.5 Å². The number of benzene rings is 1. The van der Waals surface area contributed by atoms with Gasteiger partial charge in [0.2, 0.25) is 0 Å². The van der Waals surface area contributed by atoms with Gasteiger partial charge in [-0.2, -0.15) is 0 Å². The van der Waals surface area contributed by atoms with Crippen molar-refractivity contribution in [2.24, 2.45) is 0 Å². The second-order valence-electron chi connectivity index (χ2n) is 9.20. The van der Waals surface area contributed by atoms with E-state index in [0.717, 1.165) is 11.6 Å². The fourth-order valence-electron chi connectivity index (χ4n) is 4.84. The molecule has 2 aliphatic heterocycles. The first-order valence-corrected chi connectivity index (χ1v) is 12.3. The number of aromatic nitrogens is 1. The smallest absolute Gasteiger partial charge is 0.337 e. The Labute approximate surface area is 212 Å². The van der Waals surface area contributed by atoms with E-state index in [9.17, 15) is 19.7 Å². The predicted molar refractivity (Wildman–Crippen MR) is 133 cm³/mol. The summed E-state index contributed by atoms with van der Waals surface area (Å²) in [5.74, 6) is -2.09. The molecule has 0 amide bonds. The molecule has 2 aliphatic rings. The zero-order valence-corrected chi connectivity index (χ0v) is 21.4. The third-order valence-corrected chi connectivity index (χ3v) is 7.26. The Balaban J connectivity index is 1.65. The highest BCUT2D eigenvalue weighted by Gasteiger charge is 2.43. The number of methoxy groups -OCH3 is 1. The fourth-order valence-corrected chi connectivity index (χ4v) is 5.50. The molecule has 36 heavy (non-hydrogen) atoms. The topological polar surface area (TPSA) is 124 Å². The van der Waals surface area contributed by atoms with Crippen LogP contribution in [-0.2, 0) is 25.6 Å². The molecule has 0 spiro atoms. The molecule has 4 rings (SSSR count). The number of dihydropyridines is 1. The number of hydrogen-bond acceptors (Lipinski definition) is 10. The lowest BCUT2D eigenvalue weighted by Gasteiger charge is -2.32. The summed E-state index contributed by atoms with van der Waals surface area (Å²) in [4.78, 5) is 44.0. The molecule has 1 N–H and O–H groups in total. The molecule has 2 atom stereocenters. The van der Waals surface area contributed by atoms with Crippen molar-refractivity contribution in [3.63, 3.8) is 0 Å². The number of nitrogens with zero attached hydrogens (tertiary/aromatic N) is 3. The van der Waals surface area contributed by atoms with Crippen molar-refractivity contribution < 1.29 is 24.0 Å². The molecule has 10 nitrogen and oxygen atoms in total. The molecular formula is C25H28N4O6S. The van der Waals surface area contributed by atoms with Crippen molar-refractivity contribution >= 4 is 29.0 Å². The van der Waals surface area contributed by atoms with Crippen LogP contribution in [0, 0.1) is 10.1 Å². The van der Waals surface area contributed by atoms with Gasteiger partial charge >= 0.3 is 11.9 Å². The summed E-state index contributed by atoms with van der Waals surface area (Å²) >= 11 is 1.58. The van der Waals surface area contributed by atoms with Crippen LogP contribution in [0.2, 0.25) is 0 Å². The number of hydrogen-bond donors (Lipinski definition) is 1. The van der Waals surface area contributed by atoms with Crippen LogP contribution >= 0.6 is 11.3 Å². The van der Waals surface area contributed by atoms with E-state index >= 15 is 0 Å². The zero-order valence-electron chi connectivity index (χ0n) is 20.6. The molecule has 1 unspecified atom stereocenters. The van der Waals surface area contributed by atoms with Gasteiger partial charge in [0.05, 0.1) is 35.6 Å². The number of carbonyl (C=O) groups excluding carboxylic acids is 2. The van der Waals surface area contributed by atoms with Gasteiger partial charge in [-0.1, -0.05) is 12.1 Å². The second kappa shape index (κ2) is 10.2. The molecule has 3 heterocycles. The number of carbonyl (C=O) groups is 2. The summed E-state index contributed by atoms with van der Waals surface area (Å²) in [7, 11) is 1.26. The summed E-state index contributed by atoms with van der Waals surface area (Å²) in [5.41, 5.74) is 1.00. The van der Waals surface area contributed by atoms with Crippen molar-refractivity contribution in [2.45, 2.75) is 45.3 Å². The van der Waals surface area contributed by atoms with Gasteiger partial charge in [0.15, 0.2) is 0 Å². The predicted octanol–water partition coefficient (Wildman–Crippen LogP) is 3.67. The number of likely N-dealkylation sites (tertiary alicyclic amines) is 1. The Morgan fingerprint density at radius 1 is 1.28 bits per heavy atom. The maximum Gasteiger partial charge on any atom is 0.337 e. The number of allylic oxidation sites excluding steroid dienone is 2. The van der Waals surface area contributed by atoms with Crippen LogP contribution in [0.5, 0.6) is 0 Å². The van der Waals surface area contributed by atoms with E-state index in [1.165, 1.54) is 25.3 Å². The van der Waals surface area contributed by atoms with E-state index in [2.05, 4.69) is 15.2 Å². The highest BCUT2D eigenvalue weighted by Crippen LogP contribution is 2.41. The van der Waals surface area contributed by atoms with Gasteiger partial charge in [-0.25, -0.2) is 14.6 Å². The molecule has 2 aromatic rings. The number of thiazole rings is 1. The summed E-state index contributed by atoms with van der Waals surface area (Å²) in [6.45, 7) is 7.29. The van der Waals surface area contributed by atoms with Gasteiger partial charge in [-0.05, 0) is 26.3 Å². The monoisotopic (exact) mass is 512 g/mol. The molecule has 0 radical (unpaired) electrons. The van der Waals surface area contributed by atoms with Crippen LogP contribution in [0.3, 0.4) is 0 Å². The minimum atomic E-state index is -0.887. The van der Waals surface area contributed by atoms with Crippen molar-refractivity contribution in [3.05, 3.63) is 79.1 Å². The second-order valence-corrected chi connectivity index (χ2v) is 10.2. The molecule has 11 heteroatoms. The normalized spacial score (nSPS) is 22.4. The number of non-ortho nitro benzene ring substituents is 1. The Morgan fingerprint density at radius 2 is 2.00 bits per heavy atom. The van der Waals surface area contributed by atoms with Gasteiger partial charge < -0.3 is 14.8 Å². The van der Waals surface area contributed by atoms with Crippen molar-refractivity contribution in [1.29, 1.82) is 0 Å². The lowest BCUT2D eigenvalue weighted by atomic mass is 9.80. The number of ether oxygens (including phenoxy) is 2. The Hall–Kier alpha value is -3.57. The SMILES string of the molecule is COC(=O)C1=C(C)NC(C)=C(C(=O)O[C@@]2(C)CCN(Cc3nccs3)C2)C1c1cccc([N+](=O)[O-])c1. The molecule has 0 aliphatic carbocycles. The average molecular weight is 513 g/mol. The van der Waals surface area contributed by atoms with Crippen LogP contribution in [0.4, 0.5) is 5.69 Å². The minimum absolute atomic E-state index is 0.140. The number of nitro groups is 1. The minimum Gasteiger partial charge on any atom is -0.466 e. The van der Waals surface area contributed by atoms with Gasteiger partial charge in [0, 0.05) is 54.6 Å². The van der Waals surface area contributed by atoms with Crippen molar-refractivity contribution in [2.75, 3.05) is 20.2 Å². The van der Waals surface area contributed by atoms with E-state index in [0.29, 0.717) is 36.5 Å². The maximum absolute atomic E-state index is 13.7. The Kier molecular flexibility index (Phi) is 7.23. The molecule has 1 saturated heterocycles. The summed E-state index contributed by atoms with van der Waals surface area (Å²) < 4.78 is 11.1. The summed E-state index contributed by atoms with van der Waals surface area (Å²) in [6, 6.07) is 5.93. The highest BCUT2D eigenvalue weighted by molar-refractivity contribution is 7.09. The number of nitrogens with one attached hydrogen (secondary N) is 1. The number of rotatable bonds is 7. The molecule has 1 fully saturated rings. The first kappa shape index (κ1) is 25.5. The quantitative estimate of drug-likeness (QED) is 0.336. The number of esters is 2. The number of nitro benzene ring substituents is 1. The Bertz CT molecular complexity index is 1260. The van der Waals surface area contributed by atoms with Gasteiger partial charge in [0.25, 0.3) is 5.69 Å². The maximum atomic E-state index is 13.7. The van der Waals surface area contributed by atoms with Gasteiger partial charge in [-0.3, -0.25) is 15.0 Å². The molecule has 0 saturated carbocycles. The lowest BCUT2D eigenvalue weighted by Crippen LogP contribution is -2.38. The standard InChI is InChI=1S/C25H28N4O6S/c1-15-20(23(30)34-4)22(17-6-5-7-18(12-17)29(32)33)21(16(2)27-15)24(31)35-25(3)8-10-28(14-25)13-19-26-9-11-36-19/h5-7,9,11-12,22,27H,8,10,13-14H2,1-4H3/t22?,25-/m0/s1. The zero-order chi connectivity index (χ0) is 26.0. The van der Waals surface area contributed by atoms with E-state index in [1.807, 2.05) is 12.3 Å². The Morgan fingerprint density at radius 3 is 2.64 bits per heavy atom. The molecule has 1 aromatic carbocycles. The first-order chi connectivity index (χ1) is 17.1. The largest absolute Gasteiger partial charge is 0.466 e. The third-order valence-electron chi connectivity index (χ3n) is 6.50. The average Bonchev–Trinajstić information content (AvgIpc) is 3.47. The van der Waals surface area contributed by atoms with Crippen LogP contribution in [0.15, 0.2) is 58.4 Å². The molecule has 190 valence electrons. The fraction of sp³-hybridized carbons (Fsp3) is 0.400. The lowest BCUT2D eigenvalue weighted by molar-refractivity contribution is -0.384. The summed E-state index contributed by atoms with van der Waals surface area (Å²) in [6.07, 6.45) is 2.41. The summed E-state index contributed by atoms with van der Waals surface area (Å²) in [5, 5.41) is 17.5. The van der Waals surface area contributed by atoms with Gasteiger partial charge in [0.1, 0.15) is 10.6 Å².